The molecule has 0 saturated heterocycles. The number of hydrogen-bond acceptors (Lipinski definition) is 3. The summed E-state index contributed by atoms with van der Waals surface area (Å²) in [4.78, 5) is 12.2. The van der Waals surface area contributed by atoms with Crippen molar-refractivity contribution in [2.75, 3.05) is 0 Å². The van der Waals surface area contributed by atoms with Crippen LogP contribution in [0.3, 0.4) is 0 Å². The van der Waals surface area contributed by atoms with Gasteiger partial charge in [-0.2, -0.15) is 16.4 Å². The Morgan fingerprint density at radius 1 is 1.37 bits per heavy atom. The first-order chi connectivity index (χ1) is 9.25. The van der Waals surface area contributed by atoms with Crippen LogP contribution in [0.2, 0.25) is 0 Å². The molecule has 5 heteroatoms. The number of aromatic amines is 1. The zero-order valence-corrected chi connectivity index (χ0v) is 11.2. The molecule has 0 bridgehead atoms. The third-order valence-electron chi connectivity index (χ3n) is 3.08. The Hall–Kier alpha value is -2.14. The molecule has 2 aromatic heterocycles. The minimum atomic E-state index is -0.156. The fourth-order valence-electron chi connectivity index (χ4n) is 2.01. The Bertz CT molecular complexity index is 702. The molecule has 4 nitrogen and oxygen atoms in total. The van der Waals surface area contributed by atoms with Gasteiger partial charge in [0, 0.05) is 5.39 Å². The second kappa shape index (κ2) is 4.85. The molecule has 0 saturated carbocycles. The van der Waals surface area contributed by atoms with Crippen LogP contribution in [0.15, 0.2) is 41.1 Å². The van der Waals surface area contributed by atoms with E-state index in [1.54, 1.807) is 11.3 Å². The van der Waals surface area contributed by atoms with Gasteiger partial charge in [0.25, 0.3) is 5.91 Å². The van der Waals surface area contributed by atoms with Gasteiger partial charge in [-0.15, -0.1) is 0 Å². The number of rotatable bonds is 3. The molecule has 3 aromatic rings. The summed E-state index contributed by atoms with van der Waals surface area (Å²) < 4.78 is 0. The molecule has 19 heavy (non-hydrogen) atoms. The van der Waals surface area contributed by atoms with Crippen molar-refractivity contribution < 1.29 is 4.79 Å². The van der Waals surface area contributed by atoms with Crippen molar-refractivity contribution in [1.82, 2.24) is 15.5 Å². The summed E-state index contributed by atoms with van der Waals surface area (Å²) in [5, 5.41) is 14.8. The van der Waals surface area contributed by atoms with Crippen LogP contribution in [0.1, 0.15) is 29.0 Å². The van der Waals surface area contributed by atoms with E-state index in [1.807, 2.05) is 48.0 Å². The molecule has 2 N–H and O–H groups in total. The average molecular weight is 271 g/mol. The molecule has 0 radical (unpaired) electrons. The second-order valence-corrected chi connectivity index (χ2v) is 5.15. The number of fused-ring (bicyclic) bond motifs is 1. The predicted octanol–water partition coefficient (Wildman–Crippen LogP) is 3.12. The SMILES string of the molecule is CC(NC(=O)c1n[nH]c2ccccc12)c1ccsc1. The van der Waals surface area contributed by atoms with Gasteiger partial charge in [0.2, 0.25) is 0 Å². The number of thiophene rings is 1. The number of carbonyl (C=O) groups excluding carboxylic acids is 1. The van der Waals surface area contributed by atoms with Crippen molar-refractivity contribution in [3.8, 4) is 0 Å². The lowest BCUT2D eigenvalue weighted by Crippen LogP contribution is -2.26. The lowest BCUT2D eigenvalue weighted by molar-refractivity contribution is 0.0936. The van der Waals surface area contributed by atoms with Crippen LogP contribution in [-0.2, 0) is 0 Å². The molecule has 0 fully saturated rings. The van der Waals surface area contributed by atoms with Crippen molar-refractivity contribution in [3.63, 3.8) is 0 Å². The zero-order chi connectivity index (χ0) is 13.2. The number of para-hydroxylation sites is 1. The molecule has 1 atom stereocenters. The summed E-state index contributed by atoms with van der Waals surface area (Å²) in [7, 11) is 0. The van der Waals surface area contributed by atoms with Crippen LogP contribution in [0.5, 0.6) is 0 Å². The number of benzene rings is 1. The summed E-state index contributed by atoms with van der Waals surface area (Å²) in [6.45, 7) is 1.97. The monoisotopic (exact) mass is 271 g/mol. The number of amides is 1. The zero-order valence-electron chi connectivity index (χ0n) is 10.4. The van der Waals surface area contributed by atoms with E-state index >= 15 is 0 Å². The number of aromatic nitrogens is 2. The summed E-state index contributed by atoms with van der Waals surface area (Å²) >= 11 is 1.62. The molecule has 1 unspecified atom stereocenters. The van der Waals surface area contributed by atoms with Crippen molar-refractivity contribution in [1.29, 1.82) is 0 Å². The van der Waals surface area contributed by atoms with E-state index in [4.69, 9.17) is 0 Å². The Balaban J connectivity index is 1.84. The van der Waals surface area contributed by atoms with Gasteiger partial charge in [-0.25, -0.2) is 0 Å². The minimum absolute atomic E-state index is 0.0192. The molecule has 0 spiro atoms. The summed E-state index contributed by atoms with van der Waals surface area (Å²) in [5.41, 5.74) is 2.42. The third-order valence-corrected chi connectivity index (χ3v) is 3.78. The summed E-state index contributed by atoms with van der Waals surface area (Å²) in [6.07, 6.45) is 0. The van der Waals surface area contributed by atoms with Crippen LogP contribution in [-0.4, -0.2) is 16.1 Å². The molecule has 3 rings (SSSR count). The fraction of sp³-hybridized carbons (Fsp3) is 0.143. The van der Waals surface area contributed by atoms with E-state index in [0.29, 0.717) is 5.69 Å². The smallest absolute Gasteiger partial charge is 0.272 e. The van der Waals surface area contributed by atoms with Gasteiger partial charge in [-0.05, 0) is 35.4 Å². The largest absolute Gasteiger partial charge is 0.344 e. The third kappa shape index (κ3) is 2.24. The van der Waals surface area contributed by atoms with Crippen molar-refractivity contribution in [2.45, 2.75) is 13.0 Å². The van der Waals surface area contributed by atoms with E-state index in [1.165, 1.54) is 0 Å². The fourth-order valence-corrected chi connectivity index (χ4v) is 2.76. The van der Waals surface area contributed by atoms with Gasteiger partial charge in [0.1, 0.15) is 0 Å². The molecular formula is C14H13N3OS. The molecule has 96 valence electrons. The lowest BCUT2D eigenvalue weighted by Gasteiger charge is -2.11. The summed E-state index contributed by atoms with van der Waals surface area (Å²) in [5.74, 6) is -0.156. The van der Waals surface area contributed by atoms with Gasteiger partial charge in [-0.1, -0.05) is 18.2 Å². The van der Waals surface area contributed by atoms with E-state index in [9.17, 15) is 4.79 Å². The quantitative estimate of drug-likeness (QED) is 0.769. The van der Waals surface area contributed by atoms with Gasteiger partial charge in [0.15, 0.2) is 5.69 Å². The first kappa shape index (κ1) is 11.9. The first-order valence-corrected chi connectivity index (χ1v) is 6.96. The van der Waals surface area contributed by atoms with Crippen LogP contribution in [0.4, 0.5) is 0 Å². The van der Waals surface area contributed by atoms with Crippen molar-refractivity contribution in [2.24, 2.45) is 0 Å². The second-order valence-electron chi connectivity index (χ2n) is 4.37. The predicted molar refractivity (Wildman–Crippen MR) is 76.3 cm³/mol. The Kier molecular flexibility index (Phi) is 3.05. The molecule has 1 amide bonds. The maximum absolute atomic E-state index is 12.2. The van der Waals surface area contributed by atoms with Crippen LogP contribution < -0.4 is 5.32 Å². The molecular weight excluding hydrogens is 258 g/mol. The molecule has 0 aliphatic heterocycles. The van der Waals surface area contributed by atoms with E-state index < -0.39 is 0 Å². The molecule has 0 aliphatic carbocycles. The highest BCUT2D eigenvalue weighted by Crippen LogP contribution is 2.18. The number of nitrogens with zero attached hydrogens (tertiary/aromatic N) is 1. The van der Waals surface area contributed by atoms with E-state index in [0.717, 1.165) is 16.5 Å². The van der Waals surface area contributed by atoms with Gasteiger partial charge < -0.3 is 5.32 Å². The first-order valence-electron chi connectivity index (χ1n) is 6.02. The van der Waals surface area contributed by atoms with Crippen LogP contribution >= 0.6 is 11.3 Å². The van der Waals surface area contributed by atoms with Crippen LogP contribution in [0, 0.1) is 0 Å². The number of carbonyl (C=O) groups is 1. The number of H-pyrrole nitrogens is 1. The highest BCUT2D eigenvalue weighted by molar-refractivity contribution is 7.07. The topological polar surface area (TPSA) is 57.8 Å². The van der Waals surface area contributed by atoms with Gasteiger partial charge in [-0.3, -0.25) is 9.89 Å². The highest BCUT2D eigenvalue weighted by atomic mass is 32.1. The van der Waals surface area contributed by atoms with E-state index in [-0.39, 0.29) is 11.9 Å². The maximum atomic E-state index is 12.2. The number of nitrogens with one attached hydrogen (secondary N) is 2. The maximum Gasteiger partial charge on any atom is 0.272 e. The average Bonchev–Trinajstić information content (AvgIpc) is 3.08. The van der Waals surface area contributed by atoms with Crippen molar-refractivity contribution in [3.05, 3.63) is 52.3 Å². The normalized spacial score (nSPS) is 12.5. The lowest BCUT2D eigenvalue weighted by atomic mass is 10.1. The Labute approximate surface area is 114 Å². The van der Waals surface area contributed by atoms with Crippen molar-refractivity contribution >= 4 is 28.1 Å². The van der Waals surface area contributed by atoms with E-state index in [2.05, 4.69) is 15.5 Å². The Morgan fingerprint density at radius 3 is 3.00 bits per heavy atom. The van der Waals surface area contributed by atoms with Gasteiger partial charge >= 0.3 is 0 Å². The van der Waals surface area contributed by atoms with Gasteiger partial charge in [0.05, 0.1) is 11.6 Å². The molecule has 1 aromatic carbocycles. The molecule has 0 aliphatic rings. The standard InChI is InChI=1S/C14H13N3OS/c1-9(10-6-7-19-8-10)15-14(18)13-11-4-2-3-5-12(11)16-17-13/h2-9H,1H3,(H,15,18)(H,16,17). The summed E-state index contributed by atoms with van der Waals surface area (Å²) in [6, 6.07) is 9.60. The highest BCUT2D eigenvalue weighted by Gasteiger charge is 2.16. The van der Waals surface area contributed by atoms with Crippen LogP contribution in [0.25, 0.3) is 10.9 Å². The Morgan fingerprint density at radius 2 is 2.21 bits per heavy atom. The molecule has 2 heterocycles. The minimum Gasteiger partial charge on any atom is -0.344 e. The number of hydrogen-bond donors (Lipinski definition) is 2.